The third-order valence-electron chi connectivity index (χ3n) is 4.55. The summed E-state index contributed by atoms with van der Waals surface area (Å²) in [5.74, 6) is -0.532. The first-order valence-corrected chi connectivity index (χ1v) is 9.95. The van der Waals surface area contributed by atoms with Crippen molar-refractivity contribution in [2.75, 3.05) is 13.2 Å². The fourth-order valence-corrected chi connectivity index (χ4v) is 3.25. The highest BCUT2D eigenvalue weighted by Gasteiger charge is 2.24. The maximum atomic E-state index is 12.8. The van der Waals surface area contributed by atoms with Gasteiger partial charge in [-0.05, 0) is 63.4 Å². The van der Waals surface area contributed by atoms with Gasteiger partial charge in [0.2, 0.25) is 11.7 Å². The van der Waals surface area contributed by atoms with Crippen molar-refractivity contribution in [1.29, 1.82) is 5.26 Å². The van der Waals surface area contributed by atoms with Crippen molar-refractivity contribution in [1.82, 2.24) is 4.57 Å². The van der Waals surface area contributed by atoms with Crippen molar-refractivity contribution in [3.63, 3.8) is 0 Å². The molecule has 0 saturated carbocycles. The summed E-state index contributed by atoms with van der Waals surface area (Å²) in [6.07, 6.45) is 0.474. The number of rotatable bonds is 9. The fourth-order valence-electron chi connectivity index (χ4n) is 3.02. The molecule has 160 valence electrons. The Morgan fingerprint density at radius 3 is 2.63 bits per heavy atom. The number of benzene rings is 1. The van der Waals surface area contributed by atoms with Gasteiger partial charge in [-0.25, -0.2) is 0 Å². The molecule has 0 aliphatic carbocycles. The van der Waals surface area contributed by atoms with Gasteiger partial charge in [-0.1, -0.05) is 11.6 Å². The van der Waals surface area contributed by atoms with Crippen LogP contribution >= 0.6 is 11.6 Å². The van der Waals surface area contributed by atoms with Gasteiger partial charge in [0.05, 0.1) is 11.7 Å². The molecule has 7 nitrogen and oxygen atoms in total. The summed E-state index contributed by atoms with van der Waals surface area (Å²) in [5, 5.41) is 20.6. The molecular formula is C22H25ClN2O5. The largest absolute Gasteiger partial charge is 0.494 e. The lowest BCUT2D eigenvalue weighted by atomic mass is 10.0. The maximum absolute atomic E-state index is 12.8. The Hall–Kier alpha value is -2.82. The Labute approximate surface area is 180 Å². The van der Waals surface area contributed by atoms with E-state index in [1.807, 2.05) is 19.9 Å². The minimum absolute atomic E-state index is 0.0358. The lowest BCUT2D eigenvalue weighted by Gasteiger charge is -2.16. The van der Waals surface area contributed by atoms with E-state index in [0.717, 1.165) is 10.1 Å². The number of carbonyl (C=O) groups is 1. The van der Waals surface area contributed by atoms with Crippen molar-refractivity contribution in [2.45, 2.75) is 46.8 Å². The lowest BCUT2D eigenvalue weighted by molar-refractivity contribution is 0.0743. The molecule has 1 N–H and O–H groups in total. The molecule has 0 unspecified atom stereocenters. The summed E-state index contributed by atoms with van der Waals surface area (Å²) in [6, 6.07) is 6.84. The smallest absolute Gasteiger partial charge is 0.271 e. The Morgan fingerprint density at radius 1 is 1.33 bits per heavy atom. The minimum atomic E-state index is -0.636. The molecule has 0 radical (unpaired) electrons. The summed E-state index contributed by atoms with van der Waals surface area (Å²) >= 11 is 5.92. The number of carbonyl (C=O) groups excluding carboxylic acids is 1. The van der Waals surface area contributed by atoms with E-state index in [0.29, 0.717) is 23.8 Å². The number of nitriles is 1. The number of Topliss-reactive ketones (excluding diaryl/α,β-unsaturated/α-hetero) is 1. The van der Waals surface area contributed by atoms with E-state index in [2.05, 4.69) is 0 Å². The first kappa shape index (κ1) is 23.5. The van der Waals surface area contributed by atoms with Gasteiger partial charge in [0.1, 0.15) is 17.4 Å². The van der Waals surface area contributed by atoms with Crippen molar-refractivity contribution in [3.8, 4) is 17.7 Å². The average Bonchev–Trinajstić information content (AvgIpc) is 2.66. The molecule has 0 aliphatic rings. The number of ether oxygens (including phenoxy) is 2. The van der Waals surface area contributed by atoms with E-state index in [1.54, 1.807) is 25.1 Å². The Kier molecular flexibility index (Phi) is 8.04. The molecule has 1 heterocycles. The van der Waals surface area contributed by atoms with Crippen molar-refractivity contribution in [3.05, 3.63) is 55.8 Å². The van der Waals surface area contributed by atoms with Crippen LogP contribution in [0.15, 0.2) is 23.0 Å². The molecule has 2 rings (SSSR count). The molecule has 0 bridgehead atoms. The van der Waals surface area contributed by atoms with Gasteiger partial charge in [-0.15, -0.1) is 0 Å². The van der Waals surface area contributed by atoms with Crippen molar-refractivity contribution in [2.24, 2.45) is 0 Å². The number of aryl methyl sites for hydroxylation is 1. The zero-order valence-electron chi connectivity index (χ0n) is 17.5. The molecule has 30 heavy (non-hydrogen) atoms. The molecule has 0 amide bonds. The SMILES string of the molecule is Cc1cc(Cl)ccc1OCC(=O)c1c(C)c(C#N)c(=O)n(CCCOC(C)C)c1O. The number of hydrogen-bond acceptors (Lipinski definition) is 6. The number of halogens is 1. The van der Waals surface area contributed by atoms with Crippen molar-refractivity contribution < 1.29 is 19.4 Å². The van der Waals surface area contributed by atoms with Gasteiger partial charge in [0.15, 0.2) is 6.61 Å². The Balaban J connectivity index is 2.31. The molecule has 0 fully saturated rings. The number of aromatic hydroxyl groups is 1. The summed E-state index contributed by atoms with van der Waals surface area (Å²) in [5.41, 5.74) is -0.0191. The van der Waals surface area contributed by atoms with E-state index in [1.165, 1.54) is 6.92 Å². The van der Waals surface area contributed by atoms with Crippen LogP contribution in [-0.2, 0) is 11.3 Å². The van der Waals surface area contributed by atoms with Gasteiger partial charge >= 0.3 is 0 Å². The highest BCUT2D eigenvalue weighted by atomic mass is 35.5. The first-order valence-electron chi connectivity index (χ1n) is 9.57. The topological polar surface area (TPSA) is 102 Å². The lowest BCUT2D eigenvalue weighted by Crippen LogP contribution is -2.28. The third kappa shape index (κ3) is 5.41. The Bertz CT molecular complexity index is 1040. The highest BCUT2D eigenvalue weighted by molar-refractivity contribution is 6.30. The summed E-state index contributed by atoms with van der Waals surface area (Å²) in [7, 11) is 0. The average molecular weight is 433 g/mol. The van der Waals surface area contributed by atoms with Gasteiger partial charge in [0.25, 0.3) is 5.56 Å². The van der Waals surface area contributed by atoms with Crippen LogP contribution in [0.25, 0.3) is 0 Å². The second-order valence-electron chi connectivity index (χ2n) is 7.16. The minimum Gasteiger partial charge on any atom is -0.494 e. The van der Waals surface area contributed by atoms with Crippen LogP contribution in [0.2, 0.25) is 5.02 Å². The molecule has 0 spiro atoms. The maximum Gasteiger partial charge on any atom is 0.271 e. The van der Waals surface area contributed by atoms with Gasteiger partial charge in [0, 0.05) is 18.2 Å². The summed E-state index contributed by atoms with van der Waals surface area (Å²) in [6.45, 7) is 7.17. The van der Waals surface area contributed by atoms with Gasteiger partial charge in [-0.2, -0.15) is 5.26 Å². The molecule has 0 saturated heterocycles. The van der Waals surface area contributed by atoms with Crippen LogP contribution in [0, 0.1) is 25.2 Å². The molecule has 8 heteroatoms. The van der Waals surface area contributed by atoms with E-state index < -0.39 is 17.2 Å². The first-order chi connectivity index (χ1) is 14.2. The summed E-state index contributed by atoms with van der Waals surface area (Å²) < 4.78 is 12.1. The van der Waals surface area contributed by atoms with Gasteiger partial charge < -0.3 is 14.6 Å². The highest BCUT2D eigenvalue weighted by Crippen LogP contribution is 2.25. The second-order valence-corrected chi connectivity index (χ2v) is 7.60. The number of ketones is 1. The third-order valence-corrected chi connectivity index (χ3v) is 4.79. The van der Waals surface area contributed by atoms with E-state index >= 15 is 0 Å². The molecule has 2 aromatic rings. The molecule has 1 aromatic heterocycles. The standard InChI is InChI=1S/C22H25ClN2O5/c1-13(2)29-9-5-8-25-21(27)17(11-24)15(4)20(22(25)28)18(26)12-30-19-7-6-16(23)10-14(19)3/h6-7,10,13,28H,5,8-9,12H2,1-4H3. The fraction of sp³-hybridized carbons (Fsp3) is 0.409. The van der Waals surface area contributed by atoms with Crippen molar-refractivity contribution >= 4 is 17.4 Å². The second kappa shape index (κ2) is 10.3. The molecule has 0 atom stereocenters. The molecule has 1 aromatic carbocycles. The monoisotopic (exact) mass is 432 g/mol. The zero-order valence-corrected chi connectivity index (χ0v) is 18.2. The summed E-state index contributed by atoms with van der Waals surface area (Å²) in [4.78, 5) is 25.4. The Morgan fingerprint density at radius 2 is 2.03 bits per heavy atom. The zero-order chi connectivity index (χ0) is 22.4. The predicted octanol–water partition coefficient (Wildman–Crippen LogP) is 3.77. The van der Waals surface area contributed by atoms with Crippen LogP contribution in [0.4, 0.5) is 0 Å². The van der Waals surface area contributed by atoms with Crippen LogP contribution < -0.4 is 10.3 Å². The van der Waals surface area contributed by atoms with E-state index in [9.17, 15) is 20.0 Å². The molecule has 0 aliphatic heterocycles. The quantitative estimate of drug-likeness (QED) is 0.478. The van der Waals surface area contributed by atoms with Gasteiger partial charge in [-0.3, -0.25) is 14.2 Å². The molecular weight excluding hydrogens is 408 g/mol. The van der Waals surface area contributed by atoms with Crippen LogP contribution in [0.5, 0.6) is 11.6 Å². The number of pyridine rings is 1. The van der Waals surface area contributed by atoms with Crippen LogP contribution in [0.1, 0.15) is 47.3 Å². The number of nitrogens with zero attached hydrogens (tertiary/aromatic N) is 2. The number of hydrogen-bond donors (Lipinski definition) is 1. The van der Waals surface area contributed by atoms with Crippen LogP contribution in [0.3, 0.4) is 0 Å². The van der Waals surface area contributed by atoms with E-state index in [4.69, 9.17) is 21.1 Å². The predicted molar refractivity (Wildman–Crippen MR) is 114 cm³/mol. The van der Waals surface area contributed by atoms with Crippen LogP contribution in [-0.4, -0.2) is 34.8 Å². The van der Waals surface area contributed by atoms with E-state index in [-0.39, 0.29) is 35.9 Å². The normalized spacial score (nSPS) is 10.8. The number of aromatic nitrogens is 1.